The molecule has 0 atom stereocenters. The zero-order chi connectivity index (χ0) is 19.8. The second kappa shape index (κ2) is 11.7. The normalized spacial score (nSPS) is 13.6. The zero-order valence-electron chi connectivity index (χ0n) is 16.4. The molecule has 3 rings (SSSR count). The van der Waals surface area contributed by atoms with Gasteiger partial charge in [0.25, 0.3) is 0 Å². The summed E-state index contributed by atoms with van der Waals surface area (Å²) >= 11 is 1.76. The Labute approximate surface area is 194 Å². The smallest absolute Gasteiger partial charge is 0.236 e. The van der Waals surface area contributed by atoms with Crippen LogP contribution in [-0.2, 0) is 16.4 Å². The minimum absolute atomic E-state index is 0. The maximum atomic E-state index is 12.7. The molecule has 9 heteroatoms. The van der Waals surface area contributed by atoms with E-state index in [2.05, 4.69) is 27.8 Å². The van der Waals surface area contributed by atoms with Crippen molar-refractivity contribution < 1.29 is 8.42 Å². The van der Waals surface area contributed by atoms with Crippen LogP contribution in [0.5, 0.6) is 0 Å². The maximum absolute atomic E-state index is 12.7. The van der Waals surface area contributed by atoms with Gasteiger partial charge in [0.05, 0.1) is 11.4 Å². The molecule has 2 aromatic carbocycles. The molecule has 1 aliphatic rings. The van der Waals surface area contributed by atoms with E-state index in [0.29, 0.717) is 19.0 Å². The first-order valence-corrected chi connectivity index (χ1v) is 11.9. The van der Waals surface area contributed by atoms with Crippen LogP contribution in [-0.4, -0.2) is 52.6 Å². The fourth-order valence-electron chi connectivity index (χ4n) is 3.08. The highest BCUT2D eigenvalue weighted by molar-refractivity contribution is 14.0. The summed E-state index contributed by atoms with van der Waals surface area (Å²) in [6, 6.07) is 17.9. The molecule has 2 aromatic rings. The van der Waals surface area contributed by atoms with Crippen molar-refractivity contribution >= 4 is 57.4 Å². The number of hydrogen-bond acceptors (Lipinski definition) is 4. The summed E-state index contributed by atoms with van der Waals surface area (Å²) in [4.78, 5) is 5.39. The number of nitrogens with one attached hydrogen (secondary N) is 2. The van der Waals surface area contributed by atoms with E-state index in [-0.39, 0.29) is 29.7 Å². The second-order valence-electron chi connectivity index (χ2n) is 6.35. The van der Waals surface area contributed by atoms with Gasteiger partial charge in [-0.25, -0.2) is 8.42 Å². The van der Waals surface area contributed by atoms with E-state index in [0.717, 1.165) is 30.0 Å². The molecule has 0 unspecified atom stereocenters. The number of aliphatic imine (C=N–C) groups is 1. The van der Waals surface area contributed by atoms with Gasteiger partial charge >= 0.3 is 0 Å². The third kappa shape index (κ3) is 6.78. The molecule has 0 saturated carbocycles. The Bertz CT molecular complexity index is 908. The number of para-hydroxylation sites is 1. The first-order chi connectivity index (χ1) is 13.6. The fraction of sp³-hybridized carbons (Fsp3) is 0.350. The summed E-state index contributed by atoms with van der Waals surface area (Å²) in [5.41, 5.74) is 1.90. The van der Waals surface area contributed by atoms with Gasteiger partial charge in [0.1, 0.15) is 0 Å². The lowest BCUT2D eigenvalue weighted by Crippen LogP contribution is -2.42. The van der Waals surface area contributed by atoms with Crippen molar-refractivity contribution in [1.29, 1.82) is 0 Å². The molecule has 0 aromatic heterocycles. The molecule has 6 nitrogen and oxygen atoms in total. The lowest BCUT2D eigenvalue weighted by molar-refractivity contribution is 0.591. The van der Waals surface area contributed by atoms with Crippen molar-refractivity contribution in [2.24, 2.45) is 4.99 Å². The quantitative estimate of drug-likeness (QED) is 0.175. The van der Waals surface area contributed by atoms with Crippen molar-refractivity contribution in [1.82, 2.24) is 10.6 Å². The molecule has 0 saturated heterocycles. The predicted octanol–water partition coefficient (Wildman–Crippen LogP) is 2.95. The molecule has 1 heterocycles. The Morgan fingerprint density at radius 1 is 1.07 bits per heavy atom. The molecular formula is C20H27IN4O2S2. The molecule has 0 aliphatic carbocycles. The third-order valence-electron chi connectivity index (χ3n) is 4.46. The summed E-state index contributed by atoms with van der Waals surface area (Å²) in [7, 11) is -1.67. The topological polar surface area (TPSA) is 73.8 Å². The highest BCUT2D eigenvalue weighted by atomic mass is 127. The van der Waals surface area contributed by atoms with Crippen molar-refractivity contribution in [3.8, 4) is 0 Å². The van der Waals surface area contributed by atoms with E-state index in [1.165, 1.54) is 9.20 Å². The minimum Gasteiger partial charge on any atom is -0.356 e. The number of rotatable bonds is 8. The van der Waals surface area contributed by atoms with Gasteiger partial charge in [0.15, 0.2) is 5.96 Å². The van der Waals surface area contributed by atoms with Crippen LogP contribution in [0.4, 0.5) is 5.69 Å². The molecule has 0 spiro atoms. The van der Waals surface area contributed by atoms with Crippen LogP contribution in [0.2, 0.25) is 0 Å². The number of benzene rings is 2. The summed E-state index contributed by atoms with van der Waals surface area (Å²) in [6.45, 7) is 1.57. The van der Waals surface area contributed by atoms with E-state index >= 15 is 0 Å². The lowest BCUT2D eigenvalue weighted by Gasteiger charge is -2.20. The Balaban J connectivity index is 0.00000300. The van der Waals surface area contributed by atoms with E-state index in [9.17, 15) is 8.42 Å². The van der Waals surface area contributed by atoms with Crippen LogP contribution in [0.25, 0.3) is 0 Å². The van der Waals surface area contributed by atoms with Crippen LogP contribution in [0, 0.1) is 0 Å². The van der Waals surface area contributed by atoms with Gasteiger partial charge in [-0.15, -0.1) is 35.7 Å². The Morgan fingerprint density at radius 3 is 2.52 bits per heavy atom. The maximum Gasteiger partial charge on any atom is 0.236 e. The standard InChI is InChI=1S/C20H26N4O2S2.HI/c1-21-20(22-12-15-27-18-8-3-2-4-9-18)23-13-16-28(25,26)24-14-11-17-7-5-6-10-19(17)24;/h2-10H,11-16H2,1H3,(H2,21,22,23);1H. The largest absolute Gasteiger partial charge is 0.356 e. The Morgan fingerprint density at radius 2 is 1.76 bits per heavy atom. The van der Waals surface area contributed by atoms with Crippen molar-refractivity contribution in [2.45, 2.75) is 11.3 Å². The number of halogens is 1. The zero-order valence-corrected chi connectivity index (χ0v) is 20.3. The van der Waals surface area contributed by atoms with Crippen LogP contribution in [0.15, 0.2) is 64.5 Å². The van der Waals surface area contributed by atoms with Gasteiger partial charge in [-0.05, 0) is 30.2 Å². The van der Waals surface area contributed by atoms with Crippen molar-refractivity contribution in [3.05, 3.63) is 60.2 Å². The number of fused-ring (bicyclic) bond motifs is 1. The van der Waals surface area contributed by atoms with Gasteiger partial charge in [-0.1, -0.05) is 36.4 Å². The van der Waals surface area contributed by atoms with Crippen LogP contribution in [0.1, 0.15) is 5.56 Å². The van der Waals surface area contributed by atoms with Gasteiger partial charge in [0, 0.05) is 37.3 Å². The van der Waals surface area contributed by atoms with Gasteiger partial charge < -0.3 is 10.6 Å². The van der Waals surface area contributed by atoms with Crippen LogP contribution in [0.3, 0.4) is 0 Å². The third-order valence-corrected chi connectivity index (χ3v) is 7.25. The summed E-state index contributed by atoms with van der Waals surface area (Å²) < 4.78 is 26.9. The van der Waals surface area contributed by atoms with Crippen LogP contribution < -0.4 is 14.9 Å². The lowest BCUT2D eigenvalue weighted by atomic mass is 10.2. The monoisotopic (exact) mass is 546 g/mol. The number of sulfonamides is 1. The highest BCUT2D eigenvalue weighted by Gasteiger charge is 2.28. The molecule has 0 radical (unpaired) electrons. The van der Waals surface area contributed by atoms with Crippen molar-refractivity contribution in [2.75, 3.05) is 42.5 Å². The summed E-state index contributed by atoms with van der Waals surface area (Å²) in [5.74, 6) is 1.54. The SMILES string of the molecule is CN=C(NCCSc1ccccc1)NCCS(=O)(=O)N1CCc2ccccc21.I. The van der Waals surface area contributed by atoms with Crippen LogP contribution >= 0.6 is 35.7 Å². The Hall–Kier alpha value is -1.46. The summed E-state index contributed by atoms with van der Waals surface area (Å²) in [5, 5.41) is 6.32. The number of hydrogen-bond donors (Lipinski definition) is 2. The number of nitrogens with zero attached hydrogens (tertiary/aromatic N) is 2. The molecule has 1 aliphatic heterocycles. The van der Waals surface area contributed by atoms with Gasteiger partial charge in [0.2, 0.25) is 10.0 Å². The van der Waals surface area contributed by atoms with E-state index in [1.54, 1.807) is 18.8 Å². The predicted molar refractivity (Wildman–Crippen MR) is 133 cm³/mol. The minimum atomic E-state index is -3.35. The molecule has 2 N–H and O–H groups in total. The molecular weight excluding hydrogens is 519 g/mol. The first kappa shape index (κ1) is 23.8. The molecule has 29 heavy (non-hydrogen) atoms. The second-order valence-corrected chi connectivity index (χ2v) is 9.54. The average molecular weight is 547 g/mol. The van der Waals surface area contributed by atoms with E-state index in [4.69, 9.17) is 0 Å². The number of anilines is 1. The molecule has 0 fully saturated rings. The van der Waals surface area contributed by atoms with E-state index < -0.39 is 10.0 Å². The molecule has 158 valence electrons. The summed E-state index contributed by atoms with van der Waals surface area (Å²) in [6.07, 6.45) is 0.769. The number of thioether (sulfide) groups is 1. The fourth-order valence-corrected chi connectivity index (χ4v) is 5.30. The van der Waals surface area contributed by atoms with Gasteiger partial charge in [-0.2, -0.15) is 0 Å². The highest BCUT2D eigenvalue weighted by Crippen LogP contribution is 2.29. The molecule has 0 bridgehead atoms. The van der Waals surface area contributed by atoms with Gasteiger partial charge in [-0.3, -0.25) is 9.30 Å². The molecule has 0 amide bonds. The van der Waals surface area contributed by atoms with E-state index in [1.807, 2.05) is 42.5 Å². The average Bonchev–Trinajstić information content (AvgIpc) is 3.15. The number of guanidine groups is 1. The van der Waals surface area contributed by atoms with Crippen molar-refractivity contribution in [3.63, 3.8) is 0 Å². The Kier molecular flexibility index (Phi) is 9.57. The first-order valence-electron chi connectivity index (χ1n) is 9.31.